The zero-order valence-corrected chi connectivity index (χ0v) is 9.52. The molecule has 1 aromatic rings. The lowest BCUT2D eigenvalue weighted by molar-refractivity contribution is 0.513. The third-order valence-electron chi connectivity index (χ3n) is 2.95. The van der Waals surface area contributed by atoms with Crippen LogP contribution in [0.15, 0.2) is 18.2 Å². The van der Waals surface area contributed by atoms with E-state index in [9.17, 15) is 4.39 Å². The van der Waals surface area contributed by atoms with Crippen LogP contribution < -0.4 is 5.32 Å². The number of hydrogen-bond donors (Lipinski definition) is 1. The van der Waals surface area contributed by atoms with E-state index in [0.29, 0.717) is 5.02 Å². The van der Waals surface area contributed by atoms with Crippen LogP contribution in [0.2, 0.25) is 5.02 Å². The molecule has 1 nitrogen and oxygen atoms in total. The van der Waals surface area contributed by atoms with Crippen LogP contribution >= 0.6 is 11.6 Å². The average Bonchev–Trinajstić information content (AvgIpc) is 2.99. The molecule has 1 atom stereocenters. The molecule has 0 amide bonds. The molecule has 1 aliphatic carbocycles. The molecule has 82 valence electrons. The smallest absolute Gasteiger partial charge is 0.124 e. The first kappa shape index (κ1) is 10.9. The maximum absolute atomic E-state index is 12.9. The van der Waals surface area contributed by atoms with Crippen LogP contribution in [0.25, 0.3) is 0 Å². The maximum atomic E-state index is 12.9. The van der Waals surface area contributed by atoms with Crippen molar-refractivity contribution in [1.29, 1.82) is 0 Å². The van der Waals surface area contributed by atoms with Gasteiger partial charge in [-0.1, -0.05) is 30.5 Å². The van der Waals surface area contributed by atoms with Gasteiger partial charge in [-0.25, -0.2) is 4.39 Å². The van der Waals surface area contributed by atoms with Crippen LogP contribution in [0.1, 0.15) is 30.9 Å². The summed E-state index contributed by atoms with van der Waals surface area (Å²) in [6.07, 6.45) is 3.73. The highest BCUT2D eigenvalue weighted by Gasteiger charge is 2.26. The topological polar surface area (TPSA) is 12.0 Å². The zero-order chi connectivity index (χ0) is 10.8. The van der Waals surface area contributed by atoms with Crippen LogP contribution in [-0.2, 0) is 0 Å². The maximum Gasteiger partial charge on any atom is 0.124 e. The van der Waals surface area contributed by atoms with E-state index in [4.69, 9.17) is 11.6 Å². The van der Waals surface area contributed by atoms with Crippen molar-refractivity contribution in [1.82, 2.24) is 5.32 Å². The molecule has 0 bridgehead atoms. The summed E-state index contributed by atoms with van der Waals surface area (Å²) in [4.78, 5) is 0. The van der Waals surface area contributed by atoms with Crippen molar-refractivity contribution in [3.05, 3.63) is 34.6 Å². The van der Waals surface area contributed by atoms with Gasteiger partial charge in [0.25, 0.3) is 0 Å². The highest BCUT2D eigenvalue weighted by Crippen LogP contribution is 2.38. The fourth-order valence-electron chi connectivity index (χ4n) is 1.87. The molecule has 1 saturated carbocycles. The van der Waals surface area contributed by atoms with Gasteiger partial charge in [0, 0.05) is 11.1 Å². The Labute approximate surface area is 94.6 Å². The molecule has 1 aromatic carbocycles. The number of hydrogen-bond acceptors (Lipinski definition) is 1. The molecule has 0 aliphatic heterocycles. The van der Waals surface area contributed by atoms with E-state index in [1.807, 2.05) is 7.05 Å². The van der Waals surface area contributed by atoms with Gasteiger partial charge in [0.15, 0.2) is 0 Å². The van der Waals surface area contributed by atoms with Crippen molar-refractivity contribution in [2.24, 2.45) is 5.92 Å². The number of halogens is 2. The van der Waals surface area contributed by atoms with E-state index in [1.165, 1.54) is 25.0 Å². The predicted octanol–water partition coefficient (Wildman–Crippen LogP) is 3.54. The lowest BCUT2D eigenvalue weighted by atomic mass is 10.0. The molecular formula is C12H15ClFN. The van der Waals surface area contributed by atoms with Gasteiger partial charge in [-0.3, -0.25) is 0 Å². The van der Waals surface area contributed by atoms with Crippen molar-refractivity contribution in [2.75, 3.05) is 7.05 Å². The first-order chi connectivity index (χ1) is 7.20. The second kappa shape index (κ2) is 4.50. The van der Waals surface area contributed by atoms with Crippen molar-refractivity contribution in [3.63, 3.8) is 0 Å². The first-order valence-electron chi connectivity index (χ1n) is 5.33. The van der Waals surface area contributed by atoms with Crippen molar-refractivity contribution in [2.45, 2.75) is 25.3 Å². The Morgan fingerprint density at radius 1 is 1.53 bits per heavy atom. The minimum Gasteiger partial charge on any atom is -0.313 e. The standard InChI is InChI=1S/C12H15ClFN/c1-15-12(6-8-2-3-8)10-5-4-9(14)7-11(10)13/h4-5,7-8,12,15H,2-3,6H2,1H3. The van der Waals surface area contributed by atoms with E-state index in [2.05, 4.69) is 5.32 Å². The van der Waals surface area contributed by atoms with Gasteiger partial charge in [-0.15, -0.1) is 0 Å². The van der Waals surface area contributed by atoms with Crippen molar-refractivity contribution in [3.8, 4) is 0 Å². The minimum atomic E-state index is -0.273. The van der Waals surface area contributed by atoms with Gasteiger partial charge in [-0.2, -0.15) is 0 Å². The molecule has 1 fully saturated rings. The minimum absolute atomic E-state index is 0.255. The Balaban J connectivity index is 2.16. The third kappa shape index (κ3) is 2.70. The van der Waals surface area contributed by atoms with Crippen LogP contribution in [0.4, 0.5) is 4.39 Å². The predicted molar refractivity (Wildman–Crippen MR) is 60.6 cm³/mol. The van der Waals surface area contributed by atoms with Gasteiger partial charge in [0.05, 0.1) is 0 Å². The molecule has 3 heteroatoms. The summed E-state index contributed by atoms with van der Waals surface area (Å²) < 4.78 is 12.9. The molecule has 0 radical (unpaired) electrons. The van der Waals surface area contributed by atoms with Gasteiger partial charge >= 0.3 is 0 Å². The molecular weight excluding hydrogens is 213 g/mol. The Kier molecular flexibility index (Phi) is 3.27. The van der Waals surface area contributed by atoms with Crippen molar-refractivity contribution >= 4 is 11.6 Å². The number of benzene rings is 1. The second-order valence-electron chi connectivity index (χ2n) is 4.19. The second-order valence-corrected chi connectivity index (χ2v) is 4.59. The van der Waals surface area contributed by atoms with E-state index >= 15 is 0 Å². The molecule has 2 rings (SSSR count). The molecule has 0 spiro atoms. The molecule has 15 heavy (non-hydrogen) atoms. The van der Waals surface area contributed by atoms with E-state index in [1.54, 1.807) is 6.07 Å². The van der Waals surface area contributed by atoms with E-state index < -0.39 is 0 Å². The fraction of sp³-hybridized carbons (Fsp3) is 0.500. The van der Waals surface area contributed by atoms with Gasteiger partial charge in [0.1, 0.15) is 5.82 Å². The molecule has 1 aliphatic rings. The normalized spacial score (nSPS) is 17.8. The van der Waals surface area contributed by atoms with Gasteiger partial charge in [0.2, 0.25) is 0 Å². The highest BCUT2D eigenvalue weighted by molar-refractivity contribution is 6.31. The Morgan fingerprint density at radius 3 is 2.80 bits per heavy atom. The Morgan fingerprint density at radius 2 is 2.27 bits per heavy atom. The largest absolute Gasteiger partial charge is 0.313 e. The molecule has 0 aromatic heterocycles. The van der Waals surface area contributed by atoms with Crippen LogP contribution in [-0.4, -0.2) is 7.05 Å². The lowest BCUT2D eigenvalue weighted by Gasteiger charge is -2.17. The molecule has 1 N–H and O–H groups in total. The van der Waals surface area contributed by atoms with Crippen LogP contribution in [0, 0.1) is 11.7 Å². The third-order valence-corrected chi connectivity index (χ3v) is 3.28. The summed E-state index contributed by atoms with van der Waals surface area (Å²) in [6, 6.07) is 4.89. The summed E-state index contributed by atoms with van der Waals surface area (Å²) in [5, 5.41) is 3.77. The molecule has 1 unspecified atom stereocenters. The summed E-state index contributed by atoms with van der Waals surface area (Å²) in [5.41, 5.74) is 1.01. The summed E-state index contributed by atoms with van der Waals surface area (Å²) in [5.74, 6) is 0.550. The van der Waals surface area contributed by atoms with E-state index in [-0.39, 0.29) is 11.9 Å². The van der Waals surface area contributed by atoms with E-state index in [0.717, 1.165) is 17.9 Å². The fourth-order valence-corrected chi connectivity index (χ4v) is 2.17. The Bertz CT molecular complexity index is 349. The summed E-state index contributed by atoms with van der Waals surface area (Å²) >= 11 is 6.03. The number of nitrogens with one attached hydrogen (secondary N) is 1. The average molecular weight is 228 g/mol. The molecule has 0 saturated heterocycles. The van der Waals surface area contributed by atoms with Crippen LogP contribution in [0.5, 0.6) is 0 Å². The zero-order valence-electron chi connectivity index (χ0n) is 8.76. The molecule has 0 heterocycles. The highest BCUT2D eigenvalue weighted by atomic mass is 35.5. The summed E-state index contributed by atoms with van der Waals surface area (Å²) in [6.45, 7) is 0. The SMILES string of the molecule is CNC(CC1CC1)c1ccc(F)cc1Cl. The monoisotopic (exact) mass is 227 g/mol. The van der Waals surface area contributed by atoms with Gasteiger partial charge < -0.3 is 5.32 Å². The lowest BCUT2D eigenvalue weighted by Crippen LogP contribution is -2.17. The quantitative estimate of drug-likeness (QED) is 0.830. The van der Waals surface area contributed by atoms with Crippen LogP contribution in [0.3, 0.4) is 0 Å². The summed E-state index contributed by atoms with van der Waals surface area (Å²) in [7, 11) is 1.92. The Hall–Kier alpha value is -0.600. The first-order valence-corrected chi connectivity index (χ1v) is 5.70. The van der Waals surface area contributed by atoms with Gasteiger partial charge in [-0.05, 0) is 37.1 Å². The van der Waals surface area contributed by atoms with Crippen molar-refractivity contribution < 1.29 is 4.39 Å². The number of rotatable bonds is 4.